The summed E-state index contributed by atoms with van der Waals surface area (Å²) in [5.41, 5.74) is 2.74. The molecule has 0 radical (unpaired) electrons. The first-order valence-corrected chi connectivity index (χ1v) is 7.83. The Balaban J connectivity index is 1.93. The largest absolute Gasteiger partial charge is 0.394 e. The van der Waals surface area contributed by atoms with Gasteiger partial charge in [-0.1, -0.05) is 30.7 Å². The number of carbonyl (C=O) groups excluding carboxylic acids is 1. The zero-order valence-corrected chi connectivity index (χ0v) is 14.0. The van der Waals surface area contributed by atoms with Gasteiger partial charge < -0.3 is 15.7 Å². The Morgan fingerprint density at radius 3 is 2.70 bits per heavy atom. The van der Waals surface area contributed by atoms with Crippen LogP contribution in [0, 0.1) is 0 Å². The molecule has 1 aromatic carbocycles. The fraction of sp³-hybridized carbons (Fsp3) is 0.375. The minimum Gasteiger partial charge on any atom is -0.394 e. The summed E-state index contributed by atoms with van der Waals surface area (Å²) in [6, 6.07) is 6.18. The van der Waals surface area contributed by atoms with Gasteiger partial charge in [-0.3, -0.25) is 4.68 Å². The number of hydrogen-bond acceptors (Lipinski definition) is 3. The van der Waals surface area contributed by atoms with Crippen molar-refractivity contribution in [1.29, 1.82) is 0 Å². The number of aryl methyl sites for hydroxylation is 2. The minimum atomic E-state index is -0.480. The van der Waals surface area contributed by atoms with Crippen molar-refractivity contribution in [2.24, 2.45) is 7.05 Å². The second-order valence-corrected chi connectivity index (χ2v) is 5.68. The molecule has 0 saturated carbocycles. The molecule has 1 aromatic heterocycles. The maximum absolute atomic E-state index is 12.0. The number of hydrogen-bond donors (Lipinski definition) is 3. The highest BCUT2D eigenvalue weighted by Gasteiger charge is 2.14. The molecule has 1 heterocycles. The molecule has 0 bridgehead atoms. The molecule has 2 rings (SSSR count). The standard InChI is InChI=1S/C16H21ClN4O2/c1-3-14-12(9-21(2)20-14)8-18-16(23)19-15(10-22)11-4-6-13(17)7-5-11/h4-7,9,15,22H,3,8,10H2,1-2H3,(H2,18,19,23). The first kappa shape index (κ1) is 17.3. The van der Waals surface area contributed by atoms with Crippen LogP contribution < -0.4 is 10.6 Å². The zero-order valence-electron chi connectivity index (χ0n) is 13.2. The first-order chi connectivity index (χ1) is 11.0. The van der Waals surface area contributed by atoms with Crippen LogP contribution in [0.4, 0.5) is 4.79 Å². The van der Waals surface area contributed by atoms with Crippen molar-refractivity contribution in [3.05, 3.63) is 52.3 Å². The van der Waals surface area contributed by atoms with Crippen LogP contribution in [-0.4, -0.2) is 27.5 Å². The fourth-order valence-corrected chi connectivity index (χ4v) is 2.47. The number of amides is 2. The summed E-state index contributed by atoms with van der Waals surface area (Å²) in [5.74, 6) is 0. The summed E-state index contributed by atoms with van der Waals surface area (Å²) in [7, 11) is 1.85. The van der Waals surface area contributed by atoms with E-state index in [1.165, 1.54) is 0 Å². The molecule has 124 valence electrons. The molecule has 7 heteroatoms. The lowest BCUT2D eigenvalue weighted by Gasteiger charge is -2.17. The predicted octanol–water partition coefficient (Wildman–Crippen LogP) is 2.17. The number of nitrogens with one attached hydrogen (secondary N) is 2. The van der Waals surface area contributed by atoms with E-state index in [9.17, 15) is 9.90 Å². The Kier molecular flexibility index (Phi) is 6.01. The Bertz CT molecular complexity index is 655. The van der Waals surface area contributed by atoms with Crippen molar-refractivity contribution in [3.8, 4) is 0 Å². The van der Waals surface area contributed by atoms with Gasteiger partial charge in [0.2, 0.25) is 0 Å². The van der Waals surface area contributed by atoms with Crippen LogP contribution in [0.25, 0.3) is 0 Å². The van der Waals surface area contributed by atoms with Crippen LogP contribution in [0.2, 0.25) is 5.02 Å². The number of nitrogens with zero attached hydrogens (tertiary/aromatic N) is 2. The fourth-order valence-electron chi connectivity index (χ4n) is 2.34. The average Bonchev–Trinajstić information content (AvgIpc) is 2.91. The van der Waals surface area contributed by atoms with Crippen molar-refractivity contribution in [1.82, 2.24) is 20.4 Å². The van der Waals surface area contributed by atoms with Crippen molar-refractivity contribution in [2.75, 3.05) is 6.61 Å². The maximum Gasteiger partial charge on any atom is 0.315 e. The smallest absolute Gasteiger partial charge is 0.315 e. The third-order valence-electron chi connectivity index (χ3n) is 3.53. The van der Waals surface area contributed by atoms with Gasteiger partial charge in [0, 0.05) is 30.4 Å². The number of aliphatic hydroxyl groups excluding tert-OH is 1. The highest BCUT2D eigenvalue weighted by molar-refractivity contribution is 6.30. The Labute approximate surface area is 140 Å². The van der Waals surface area contributed by atoms with Crippen LogP contribution >= 0.6 is 11.6 Å². The Morgan fingerprint density at radius 2 is 2.09 bits per heavy atom. The monoisotopic (exact) mass is 336 g/mol. The quantitative estimate of drug-likeness (QED) is 0.756. The summed E-state index contributed by atoms with van der Waals surface area (Å²) in [6.07, 6.45) is 2.70. The highest BCUT2D eigenvalue weighted by atomic mass is 35.5. The highest BCUT2D eigenvalue weighted by Crippen LogP contribution is 2.16. The topological polar surface area (TPSA) is 79.2 Å². The number of halogens is 1. The van der Waals surface area contributed by atoms with Crippen molar-refractivity contribution in [3.63, 3.8) is 0 Å². The molecular weight excluding hydrogens is 316 g/mol. The third kappa shape index (κ3) is 4.71. The lowest BCUT2D eigenvalue weighted by molar-refractivity contribution is 0.216. The zero-order chi connectivity index (χ0) is 16.8. The third-order valence-corrected chi connectivity index (χ3v) is 3.78. The molecule has 23 heavy (non-hydrogen) atoms. The van der Waals surface area contributed by atoms with Gasteiger partial charge in [0.05, 0.1) is 18.3 Å². The SMILES string of the molecule is CCc1nn(C)cc1CNC(=O)NC(CO)c1ccc(Cl)cc1. The van der Waals surface area contributed by atoms with Crippen molar-refractivity contribution in [2.45, 2.75) is 25.9 Å². The molecule has 3 N–H and O–H groups in total. The average molecular weight is 337 g/mol. The van der Waals surface area contributed by atoms with E-state index < -0.39 is 6.04 Å². The molecule has 6 nitrogen and oxygen atoms in total. The normalized spacial score (nSPS) is 12.0. The van der Waals surface area contributed by atoms with Crippen LogP contribution in [0.15, 0.2) is 30.5 Å². The second-order valence-electron chi connectivity index (χ2n) is 5.24. The summed E-state index contributed by atoms with van der Waals surface area (Å²) in [6.45, 7) is 2.22. The van der Waals surface area contributed by atoms with Gasteiger partial charge in [-0.05, 0) is 24.1 Å². The molecule has 0 fully saturated rings. The molecule has 0 saturated heterocycles. The van der Waals surface area contributed by atoms with Crippen LogP contribution in [-0.2, 0) is 20.0 Å². The summed E-state index contributed by atoms with van der Waals surface area (Å²) >= 11 is 5.84. The number of urea groups is 1. The molecule has 2 amide bonds. The van der Waals surface area contributed by atoms with Crippen molar-refractivity contribution >= 4 is 17.6 Å². The molecule has 2 aromatic rings. The van der Waals surface area contributed by atoms with Gasteiger partial charge in [0.25, 0.3) is 0 Å². The van der Waals surface area contributed by atoms with Gasteiger partial charge in [-0.2, -0.15) is 5.10 Å². The molecule has 1 unspecified atom stereocenters. The van der Waals surface area contributed by atoms with Gasteiger partial charge >= 0.3 is 6.03 Å². The molecule has 0 aliphatic carbocycles. The van der Waals surface area contributed by atoms with E-state index in [1.54, 1.807) is 28.9 Å². The van der Waals surface area contributed by atoms with Crippen LogP contribution in [0.5, 0.6) is 0 Å². The second kappa shape index (κ2) is 7.99. The molecule has 1 atom stereocenters. The van der Waals surface area contributed by atoms with E-state index in [0.29, 0.717) is 11.6 Å². The first-order valence-electron chi connectivity index (χ1n) is 7.45. The van der Waals surface area contributed by atoms with E-state index in [4.69, 9.17) is 11.6 Å². The number of aliphatic hydroxyl groups is 1. The Hall–Kier alpha value is -2.05. The van der Waals surface area contributed by atoms with Crippen molar-refractivity contribution < 1.29 is 9.90 Å². The Morgan fingerprint density at radius 1 is 1.39 bits per heavy atom. The van der Waals surface area contributed by atoms with Gasteiger partial charge in [-0.25, -0.2) is 4.79 Å². The molecule has 0 spiro atoms. The van der Waals surface area contributed by atoms with Crippen LogP contribution in [0.3, 0.4) is 0 Å². The van der Waals surface area contributed by atoms with E-state index in [1.807, 2.05) is 20.2 Å². The van der Waals surface area contributed by atoms with E-state index in [2.05, 4.69) is 15.7 Å². The van der Waals surface area contributed by atoms with Gasteiger partial charge in [-0.15, -0.1) is 0 Å². The summed E-state index contributed by atoms with van der Waals surface area (Å²) < 4.78 is 1.73. The lowest BCUT2D eigenvalue weighted by Crippen LogP contribution is -2.39. The number of aromatic nitrogens is 2. The van der Waals surface area contributed by atoms with Crippen LogP contribution in [0.1, 0.15) is 29.8 Å². The maximum atomic E-state index is 12.0. The van der Waals surface area contributed by atoms with Gasteiger partial charge in [0.1, 0.15) is 0 Å². The van der Waals surface area contributed by atoms with E-state index in [0.717, 1.165) is 23.2 Å². The number of rotatable bonds is 6. The molecule has 0 aliphatic heterocycles. The number of benzene rings is 1. The summed E-state index contributed by atoms with van der Waals surface area (Å²) in [4.78, 5) is 12.0. The minimum absolute atomic E-state index is 0.192. The van der Waals surface area contributed by atoms with E-state index in [-0.39, 0.29) is 12.6 Å². The summed E-state index contributed by atoms with van der Waals surface area (Å²) in [5, 5.41) is 20.0. The predicted molar refractivity (Wildman–Crippen MR) is 89.2 cm³/mol. The molecular formula is C16H21ClN4O2. The molecule has 0 aliphatic rings. The van der Waals surface area contributed by atoms with Gasteiger partial charge in [0.15, 0.2) is 0 Å². The van der Waals surface area contributed by atoms with E-state index >= 15 is 0 Å². The lowest BCUT2D eigenvalue weighted by atomic mass is 10.1. The number of carbonyl (C=O) groups is 1.